The van der Waals surface area contributed by atoms with Gasteiger partial charge in [0.25, 0.3) is 0 Å². The lowest BCUT2D eigenvalue weighted by atomic mass is 9.94. The van der Waals surface area contributed by atoms with Crippen molar-refractivity contribution < 1.29 is 13.2 Å². The number of nitrogens with zero attached hydrogens (tertiary/aromatic N) is 4. The zero-order valence-corrected chi connectivity index (χ0v) is 21.5. The predicted molar refractivity (Wildman–Crippen MR) is 134 cm³/mol. The lowest BCUT2D eigenvalue weighted by Gasteiger charge is -2.39. The van der Waals surface area contributed by atoms with Crippen LogP contribution in [0.15, 0.2) is 41.4 Å². The molecule has 2 aliphatic rings. The predicted octanol–water partition coefficient (Wildman–Crippen LogP) is 3.53. The number of pyridine rings is 1. The van der Waals surface area contributed by atoms with Gasteiger partial charge in [0, 0.05) is 51.4 Å². The number of hydrogen-bond donors (Lipinski definition) is 0. The molecule has 2 fully saturated rings. The van der Waals surface area contributed by atoms with E-state index < -0.39 is 10.0 Å². The summed E-state index contributed by atoms with van der Waals surface area (Å²) in [6, 6.07) is 10.00. The second-order valence-corrected chi connectivity index (χ2v) is 11.6. The molecule has 0 atom stereocenters. The number of piperidine rings is 2. The lowest BCUT2D eigenvalue weighted by molar-refractivity contribution is -0.137. The molecule has 3 heterocycles. The first-order valence-corrected chi connectivity index (χ1v) is 13.6. The van der Waals surface area contributed by atoms with Gasteiger partial charge < -0.3 is 9.80 Å². The highest BCUT2D eigenvalue weighted by Crippen LogP contribution is 2.30. The minimum atomic E-state index is -3.57. The van der Waals surface area contributed by atoms with E-state index in [1.54, 1.807) is 4.31 Å². The first-order chi connectivity index (χ1) is 16.2. The van der Waals surface area contributed by atoms with Crippen molar-refractivity contribution in [3.8, 4) is 0 Å². The van der Waals surface area contributed by atoms with Crippen LogP contribution in [0.25, 0.3) is 0 Å². The summed E-state index contributed by atoms with van der Waals surface area (Å²) in [4.78, 5) is 22.3. The summed E-state index contributed by atoms with van der Waals surface area (Å²) >= 11 is 0. The molecule has 0 unspecified atom stereocenters. The third-order valence-corrected chi connectivity index (χ3v) is 9.54. The molecule has 2 aliphatic heterocycles. The number of carbonyl (C=O) groups is 1. The van der Waals surface area contributed by atoms with Crippen LogP contribution in [0, 0.1) is 26.7 Å². The number of aryl methyl sites for hydroxylation is 3. The minimum Gasteiger partial charge on any atom is -0.356 e. The average molecular weight is 485 g/mol. The van der Waals surface area contributed by atoms with Crippen LogP contribution in [0.5, 0.6) is 0 Å². The zero-order chi connectivity index (χ0) is 24.5. The molecule has 7 nitrogen and oxygen atoms in total. The standard InChI is InChI=1S/C26H36N4O3S/c1-19-17-20(2)25(21(3)18-19)34(32,33)30-15-8-22(9-16-30)26(31)28(4)23-10-13-29(14-11-23)24-7-5-6-12-27-24/h5-7,12,17-18,22-23H,8-11,13-16H2,1-4H3. The van der Waals surface area contributed by atoms with Crippen LogP contribution in [0.2, 0.25) is 0 Å². The summed E-state index contributed by atoms with van der Waals surface area (Å²) in [6.07, 6.45) is 4.78. The Kier molecular flexibility index (Phi) is 7.28. The van der Waals surface area contributed by atoms with E-state index >= 15 is 0 Å². The minimum absolute atomic E-state index is 0.120. The van der Waals surface area contributed by atoms with Crippen LogP contribution in [0.4, 0.5) is 5.82 Å². The third kappa shape index (κ3) is 4.98. The Morgan fingerprint density at radius 3 is 2.15 bits per heavy atom. The van der Waals surface area contributed by atoms with Gasteiger partial charge in [-0.05, 0) is 69.7 Å². The first-order valence-electron chi connectivity index (χ1n) is 12.2. The molecular formula is C26H36N4O3S. The van der Waals surface area contributed by atoms with Crippen molar-refractivity contribution in [3.63, 3.8) is 0 Å². The van der Waals surface area contributed by atoms with E-state index in [9.17, 15) is 13.2 Å². The number of carbonyl (C=O) groups excluding carboxylic acids is 1. The van der Waals surface area contributed by atoms with Gasteiger partial charge in [0.2, 0.25) is 15.9 Å². The summed E-state index contributed by atoms with van der Waals surface area (Å²) in [6.45, 7) is 8.23. The van der Waals surface area contributed by atoms with Crippen molar-refractivity contribution >= 4 is 21.7 Å². The van der Waals surface area contributed by atoms with Crippen LogP contribution in [0.1, 0.15) is 42.4 Å². The molecule has 1 aromatic carbocycles. The van der Waals surface area contributed by atoms with Gasteiger partial charge in [-0.1, -0.05) is 23.8 Å². The van der Waals surface area contributed by atoms with E-state index in [1.165, 1.54) is 0 Å². The summed E-state index contributed by atoms with van der Waals surface area (Å²) in [5, 5.41) is 0. The van der Waals surface area contributed by atoms with E-state index in [2.05, 4.69) is 9.88 Å². The fourth-order valence-corrected chi connectivity index (χ4v) is 7.42. The normalized spacial score (nSPS) is 18.8. The van der Waals surface area contributed by atoms with Gasteiger partial charge in [0.15, 0.2) is 0 Å². The number of anilines is 1. The van der Waals surface area contributed by atoms with Crippen molar-refractivity contribution in [2.24, 2.45) is 5.92 Å². The fraction of sp³-hybridized carbons (Fsp3) is 0.538. The molecule has 0 saturated carbocycles. The Morgan fingerprint density at radius 1 is 0.971 bits per heavy atom. The number of benzene rings is 1. The van der Waals surface area contributed by atoms with E-state index in [1.807, 2.05) is 69.2 Å². The van der Waals surface area contributed by atoms with Gasteiger partial charge in [0.05, 0.1) is 4.90 Å². The van der Waals surface area contributed by atoms with Crippen molar-refractivity contribution in [1.29, 1.82) is 0 Å². The fourth-order valence-electron chi connectivity index (χ4n) is 5.54. The number of rotatable bonds is 5. The van der Waals surface area contributed by atoms with Crippen LogP contribution in [0.3, 0.4) is 0 Å². The highest BCUT2D eigenvalue weighted by atomic mass is 32.2. The molecular weight excluding hydrogens is 448 g/mol. The summed E-state index contributed by atoms with van der Waals surface area (Å²) in [7, 11) is -1.66. The maximum atomic E-state index is 13.4. The lowest BCUT2D eigenvalue weighted by Crippen LogP contribution is -2.49. The topological polar surface area (TPSA) is 73.8 Å². The summed E-state index contributed by atoms with van der Waals surface area (Å²) in [5.41, 5.74) is 2.63. The second-order valence-electron chi connectivity index (χ2n) is 9.76. The Hall–Kier alpha value is -2.45. The van der Waals surface area contributed by atoms with Crippen LogP contribution in [-0.2, 0) is 14.8 Å². The van der Waals surface area contributed by atoms with Crippen molar-refractivity contribution in [1.82, 2.24) is 14.2 Å². The first kappa shape index (κ1) is 24.7. The Morgan fingerprint density at radius 2 is 1.59 bits per heavy atom. The highest BCUT2D eigenvalue weighted by Gasteiger charge is 2.36. The van der Waals surface area contributed by atoms with Crippen molar-refractivity contribution in [2.75, 3.05) is 38.1 Å². The molecule has 0 radical (unpaired) electrons. The molecule has 0 N–H and O–H groups in total. The van der Waals surface area contributed by atoms with Crippen molar-refractivity contribution in [2.45, 2.75) is 57.4 Å². The maximum Gasteiger partial charge on any atom is 0.243 e. The number of sulfonamides is 1. The number of hydrogen-bond acceptors (Lipinski definition) is 5. The summed E-state index contributed by atoms with van der Waals surface area (Å²) in [5.74, 6) is 1.02. The SMILES string of the molecule is Cc1cc(C)c(S(=O)(=O)N2CCC(C(=O)N(C)C3CCN(c4ccccn4)CC3)CC2)c(C)c1. The monoisotopic (exact) mass is 484 g/mol. The largest absolute Gasteiger partial charge is 0.356 e. The molecule has 2 saturated heterocycles. The van der Waals surface area contributed by atoms with Crippen LogP contribution in [-0.4, -0.2) is 67.8 Å². The second kappa shape index (κ2) is 10.0. The Labute approximate surface area is 203 Å². The van der Waals surface area contributed by atoms with Crippen molar-refractivity contribution in [3.05, 3.63) is 53.2 Å². The van der Waals surface area contributed by atoms with Gasteiger partial charge in [0.1, 0.15) is 5.82 Å². The smallest absolute Gasteiger partial charge is 0.243 e. The molecule has 8 heteroatoms. The highest BCUT2D eigenvalue weighted by molar-refractivity contribution is 7.89. The molecule has 34 heavy (non-hydrogen) atoms. The Balaban J connectivity index is 1.34. The molecule has 1 aromatic heterocycles. The maximum absolute atomic E-state index is 13.4. The van der Waals surface area contributed by atoms with Crippen LogP contribution < -0.4 is 4.90 Å². The van der Waals surface area contributed by atoms with E-state index in [-0.39, 0.29) is 17.9 Å². The molecule has 4 rings (SSSR count). The van der Waals surface area contributed by atoms with E-state index in [4.69, 9.17) is 0 Å². The summed E-state index contributed by atoms with van der Waals surface area (Å²) < 4.78 is 28.3. The van der Waals surface area contributed by atoms with E-state index in [0.29, 0.717) is 30.8 Å². The molecule has 0 bridgehead atoms. The Bertz CT molecular complexity index is 1100. The molecule has 184 valence electrons. The quantitative estimate of drug-likeness (QED) is 0.649. The molecule has 0 aliphatic carbocycles. The molecule has 2 aromatic rings. The molecule has 1 amide bonds. The molecule has 0 spiro atoms. The van der Waals surface area contributed by atoms with Gasteiger partial charge in [-0.15, -0.1) is 0 Å². The number of amides is 1. The third-order valence-electron chi connectivity index (χ3n) is 7.34. The van der Waals surface area contributed by atoms with E-state index in [0.717, 1.165) is 48.4 Å². The van der Waals surface area contributed by atoms with Crippen LogP contribution >= 0.6 is 0 Å². The van der Waals surface area contributed by atoms with Gasteiger partial charge >= 0.3 is 0 Å². The average Bonchev–Trinajstić information content (AvgIpc) is 2.83. The zero-order valence-electron chi connectivity index (χ0n) is 20.7. The van der Waals surface area contributed by atoms with Gasteiger partial charge in [-0.25, -0.2) is 13.4 Å². The van der Waals surface area contributed by atoms with Gasteiger partial charge in [-0.3, -0.25) is 4.79 Å². The van der Waals surface area contributed by atoms with Gasteiger partial charge in [-0.2, -0.15) is 4.31 Å². The number of aromatic nitrogens is 1.